The van der Waals surface area contributed by atoms with Gasteiger partial charge in [0.25, 0.3) is 0 Å². The van der Waals surface area contributed by atoms with Crippen LogP contribution in [0.5, 0.6) is 0 Å². The number of H-pyrrole nitrogens is 1. The number of hydrogen-bond acceptors (Lipinski definition) is 4. The normalized spacial score (nSPS) is 19.3. The van der Waals surface area contributed by atoms with Gasteiger partial charge in [-0.1, -0.05) is 6.07 Å². The summed E-state index contributed by atoms with van der Waals surface area (Å²) < 4.78 is 4.98. The van der Waals surface area contributed by atoms with Gasteiger partial charge >= 0.3 is 5.76 Å². The zero-order valence-electron chi connectivity index (χ0n) is 10.9. The average Bonchev–Trinajstić information content (AvgIpc) is 3.02. The van der Waals surface area contributed by atoms with Gasteiger partial charge in [-0.2, -0.15) is 0 Å². The molecule has 1 aromatic heterocycles. The summed E-state index contributed by atoms with van der Waals surface area (Å²) in [5.41, 5.74) is 2.61. The van der Waals surface area contributed by atoms with Gasteiger partial charge in [-0.3, -0.25) is 4.98 Å². The first-order valence-electron chi connectivity index (χ1n) is 6.84. The molecule has 1 fully saturated rings. The highest BCUT2D eigenvalue weighted by Gasteiger charge is 2.13. The van der Waals surface area contributed by atoms with Crippen molar-refractivity contribution < 1.29 is 4.42 Å². The molecule has 1 saturated heterocycles. The molecule has 5 nitrogen and oxygen atoms in total. The Hall–Kier alpha value is -1.59. The van der Waals surface area contributed by atoms with Crippen LogP contribution in [0.4, 0.5) is 0 Å². The van der Waals surface area contributed by atoms with Crippen LogP contribution in [0.15, 0.2) is 27.4 Å². The minimum absolute atomic E-state index is 0.390. The van der Waals surface area contributed by atoms with E-state index in [1.54, 1.807) is 0 Å². The second-order valence-corrected chi connectivity index (χ2v) is 5.16. The lowest BCUT2D eigenvalue weighted by atomic mass is 10.1. The third-order valence-corrected chi connectivity index (χ3v) is 3.67. The predicted molar refractivity (Wildman–Crippen MR) is 74.4 cm³/mol. The van der Waals surface area contributed by atoms with Crippen molar-refractivity contribution in [3.8, 4) is 0 Å². The van der Waals surface area contributed by atoms with E-state index in [0.717, 1.165) is 44.0 Å². The predicted octanol–water partition coefficient (Wildman–Crippen LogP) is 0.863. The van der Waals surface area contributed by atoms with E-state index in [1.807, 2.05) is 18.2 Å². The summed E-state index contributed by atoms with van der Waals surface area (Å²) in [6, 6.07) is 5.85. The summed E-state index contributed by atoms with van der Waals surface area (Å²) in [6.45, 7) is 4.33. The molecule has 0 amide bonds. The second kappa shape index (κ2) is 5.59. The summed E-state index contributed by atoms with van der Waals surface area (Å²) in [5, 5.41) is 6.86. The molecule has 0 spiro atoms. The summed E-state index contributed by atoms with van der Waals surface area (Å²) in [4.78, 5) is 13.8. The third kappa shape index (κ3) is 3.05. The van der Waals surface area contributed by atoms with Gasteiger partial charge in [0.1, 0.15) is 0 Å². The number of oxazole rings is 1. The fourth-order valence-electron chi connectivity index (χ4n) is 2.58. The highest BCUT2D eigenvalue weighted by Crippen LogP contribution is 2.12. The first kappa shape index (κ1) is 12.4. The SMILES string of the molecule is O=c1[nH]c2cc(CCNCC3CCNC3)ccc2o1. The summed E-state index contributed by atoms with van der Waals surface area (Å²) in [5.74, 6) is 0.381. The zero-order valence-corrected chi connectivity index (χ0v) is 10.9. The Balaban J connectivity index is 1.51. The lowest BCUT2D eigenvalue weighted by molar-refractivity contribution is 0.515. The quantitative estimate of drug-likeness (QED) is 0.698. The molecular formula is C14H19N3O2. The first-order chi connectivity index (χ1) is 9.31. The van der Waals surface area contributed by atoms with Crippen molar-refractivity contribution in [3.05, 3.63) is 34.3 Å². The van der Waals surface area contributed by atoms with Crippen LogP contribution in [-0.4, -0.2) is 31.2 Å². The van der Waals surface area contributed by atoms with Crippen LogP contribution in [0, 0.1) is 5.92 Å². The molecule has 1 aromatic carbocycles. The molecule has 3 N–H and O–H groups in total. The number of aromatic nitrogens is 1. The topological polar surface area (TPSA) is 70.1 Å². The fraction of sp³-hybridized carbons (Fsp3) is 0.500. The molecule has 3 rings (SSSR count). The van der Waals surface area contributed by atoms with Crippen LogP contribution in [0.3, 0.4) is 0 Å². The van der Waals surface area contributed by atoms with Crippen molar-refractivity contribution in [2.45, 2.75) is 12.8 Å². The van der Waals surface area contributed by atoms with Gasteiger partial charge in [0.05, 0.1) is 5.52 Å². The zero-order chi connectivity index (χ0) is 13.1. The maximum Gasteiger partial charge on any atom is 0.417 e. The monoisotopic (exact) mass is 261 g/mol. The van der Waals surface area contributed by atoms with Crippen molar-refractivity contribution in [2.24, 2.45) is 5.92 Å². The van der Waals surface area contributed by atoms with Crippen molar-refractivity contribution in [3.63, 3.8) is 0 Å². The molecule has 0 aliphatic carbocycles. The van der Waals surface area contributed by atoms with Crippen LogP contribution < -0.4 is 16.4 Å². The smallest absolute Gasteiger partial charge is 0.408 e. The highest BCUT2D eigenvalue weighted by atomic mass is 16.4. The van der Waals surface area contributed by atoms with E-state index in [2.05, 4.69) is 15.6 Å². The lowest BCUT2D eigenvalue weighted by Gasteiger charge is -2.09. The van der Waals surface area contributed by atoms with E-state index >= 15 is 0 Å². The van der Waals surface area contributed by atoms with E-state index in [-0.39, 0.29) is 5.76 Å². The second-order valence-electron chi connectivity index (χ2n) is 5.16. The van der Waals surface area contributed by atoms with Gasteiger partial charge in [-0.25, -0.2) is 4.79 Å². The number of rotatable bonds is 5. The Bertz CT molecular complexity index is 596. The van der Waals surface area contributed by atoms with E-state index in [9.17, 15) is 4.79 Å². The van der Waals surface area contributed by atoms with Crippen LogP contribution in [-0.2, 0) is 6.42 Å². The van der Waals surface area contributed by atoms with Crippen LogP contribution in [0.1, 0.15) is 12.0 Å². The Labute approximate surface area is 111 Å². The molecule has 1 aliphatic rings. The van der Waals surface area contributed by atoms with Crippen LogP contribution >= 0.6 is 0 Å². The summed E-state index contributed by atoms with van der Waals surface area (Å²) in [6.07, 6.45) is 2.23. The molecular weight excluding hydrogens is 242 g/mol. The molecule has 2 heterocycles. The fourth-order valence-corrected chi connectivity index (χ4v) is 2.58. The van der Waals surface area contributed by atoms with E-state index in [1.165, 1.54) is 12.0 Å². The van der Waals surface area contributed by atoms with Crippen LogP contribution in [0.25, 0.3) is 11.1 Å². The largest absolute Gasteiger partial charge is 0.417 e. The average molecular weight is 261 g/mol. The minimum atomic E-state index is -0.390. The van der Waals surface area contributed by atoms with Crippen molar-refractivity contribution >= 4 is 11.1 Å². The molecule has 0 saturated carbocycles. The maximum absolute atomic E-state index is 11.1. The standard InChI is InChI=1S/C14H19N3O2/c18-14-17-12-7-10(1-2-13(12)19-14)3-5-15-8-11-4-6-16-9-11/h1-2,7,11,15-16H,3-6,8-9H2,(H,17,18). The third-order valence-electron chi connectivity index (χ3n) is 3.67. The molecule has 19 heavy (non-hydrogen) atoms. The Morgan fingerprint density at radius 3 is 3.21 bits per heavy atom. The number of aromatic amines is 1. The first-order valence-corrected chi connectivity index (χ1v) is 6.84. The molecule has 0 radical (unpaired) electrons. The maximum atomic E-state index is 11.1. The molecule has 5 heteroatoms. The minimum Gasteiger partial charge on any atom is -0.408 e. The van der Waals surface area contributed by atoms with E-state index in [4.69, 9.17) is 4.42 Å². The molecule has 0 bridgehead atoms. The number of hydrogen-bond donors (Lipinski definition) is 3. The number of fused-ring (bicyclic) bond motifs is 1. The highest BCUT2D eigenvalue weighted by molar-refractivity contribution is 5.72. The Morgan fingerprint density at radius 1 is 1.42 bits per heavy atom. The number of benzene rings is 1. The molecule has 102 valence electrons. The Kier molecular flexibility index (Phi) is 3.66. The van der Waals surface area contributed by atoms with Crippen molar-refractivity contribution in [1.82, 2.24) is 15.6 Å². The Morgan fingerprint density at radius 2 is 2.37 bits per heavy atom. The summed E-state index contributed by atoms with van der Waals surface area (Å²) >= 11 is 0. The van der Waals surface area contributed by atoms with Gasteiger partial charge < -0.3 is 15.1 Å². The number of nitrogens with one attached hydrogen (secondary N) is 3. The van der Waals surface area contributed by atoms with Gasteiger partial charge in [0.2, 0.25) is 0 Å². The lowest BCUT2D eigenvalue weighted by Crippen LogP contribution is -2.26. The van der Waals surface area contributed by atoms with Gasteiger partial charge in [-0.15, -0.1) is 0 Å². The van der Waals surface area contributed by atoms with Gasteiger partial charge in [-0.05, 0) is 62.6 Å². The molecule has 1 unspecified atom stereocenters. The molecule has 2 aromatic rings. The van der Waals surface area contributed by atoms with Crippen LogP contribution in [0.2, 0.25) is 0 Å². The summed E-state index contributed by atoms with van der Waals surface area (Å²) in [7, 11) is 0. The van der Waals surface area contributed by atoms with Gasteiger partial charge in [0.15, 0.2) is 5.58 Å². The van der Waals surface area contributed by atoms with Crippen molar-refractivity contribution in [1.29, 1.82) is 0 Å². The van der Waals surface area contributed by atoms with Crippen molar-refractivity contribution in [2.75, 3.05) is 26.2 Å². The van der Waals surface area contributed by atoms with Gasteiger partial charge in [0, 0.05) is 0 Å². The van der Waals surface area contributed by atoms with E-state index < -0.39 is 0 Å². The molecule has 1 aliphatic heterocycles. The molecule has 1 atom stereocenters. The van der Waals surface area contributed by atoms with E-state index in [0.29, 0.717) is 5.58 Å².